The molecule has 0 radical (unpaired) electrons. The van der Waals surface area contributed by atoms with Crippen LogP contribution in [0.25, 0.3) is 0 Å². The smallest absolute Gasteiger partial charge is 0.407 e. The molecule has 0 aromatic heterocycles. The standard InChI is InChI=1S/C15H21ClN2O6/c1-15(2,3)24-14(19)17-6-7-22-8-9-23-13-10-11(18(20)21)4-5-12(13)16/h4-5,10H,6-9H2,1-3H3,(H,17,19). The molecule has 1 aromatic rings. The molecule has 0 fully saturated rings. The normalized spacial score (nSPS) is 11.0. The van der Waals surface area contributed by atoms with Gasteiger partial charge in [-0.25, -0.2) is 4.79 Å². The lowest BCUT2D eigenvalue weighted by molar-refractivity contribution is -0.384. The number of alkyl carbamates (subject to hydrolysis) is 1. The molecule has 0 aliphatic rings. The summed E-state index contributed by atoms with van der Waals surface area (Å²) in [7, 11) is 0. The van der Waals surface area contributed by atoms with Crippen molar-refractivity contribution in [2.24, 2.45) is 0 Å². The summed E-state index contributed by atoms with van der Waals surface area (Å²) in [5.74, 6) is 0.223. The van der Waals surface area contributed by atoms with Gasteiger partial charge in [-0.1, -0.05) is 11.6 Å². The quantitative estimate of drug-likeness (QED) is 0.434. The molecule has 0 saturated carbocycles. The van der Waals surface area contributed by atoms with Gasteiger partial charge in [0.2, 0.25) is 0 Å². The Bertz CT molecular complexity index is 574. The van der Waals surface area contributed by atoms with Crippen LogP contribution in [0, 0.1) is 10.1 Å². The number of ether oxygens (including phenoxy) is 3. The molecule has 0 atom stereocenters. The molecule has 1 N–H and O–H groups in total. The van der Waals surface area contributed by atoms with E-state index in [0.717, 1.165) is 0 Å². The summed E-state index contributed by atoms with van der Waals surface area (Å²) in [6.07, 6.45) is -0.509. The summed E-state index contributed by atoms with van der Waals surface area (Å²) in [4.78, 5) is 21.5. The third-order valence-electron chi connectivity index (χ3n) is 2.53. The van der Waals surface area contributed by atoms with Crippen molar-refractivity contribution in [3.63, 3.8) is 0 Å². The SMILES string of the molecule is CC(C)(C)OC(=O)NCCOCCOc1cc([N+](=O)[O-])ccc1Cl. The molecule has 1 rings (SSSR count). The first-order chi connectivity index (χ1) is 11.2. The number of non-ortho nitro benzene ring substituents is 1. The van der Waals surface area contributed by atoms with E-state index in [9.17, 15) is 14.9 Å². The second-order valence-corrected chi connectivity index (χ2v) is 6.17. The maximum Gasteiger partial charge on any atom is 0.407 e. The molecule has 0 unspecified atom stereocenters. The lowest BCUT2D eigenvalue weighted by Crippen LogP contribution is -2.34. The first-order valence-corrected chi connectivity index (χ1v) is 7.68. The van der Waals surface area contributed by atoms with Crippen LogP contribution in [0.3, 0.4) is 0 Å². The van der Waals surface area contributed by atoms with Crippen LogP contribution in [0.15, 0.2) is 18.2 Å². The number of nitro groups is 1. The molecule has 0 aliphatic heterocycles. The Labute approximate surface area is 145 Å². The van der Waals surface area contributed by atoms with Crippen LogP contribution in [0.2, 0.25) is 5.02 Å². The first kappa shape index (κ1) is 20.0. The van der Waals surface area contributed by atoms with Crippen LogP contribution in [0.4, 0.5) is 10.5 Å². The van der Waals surface area contributed by atoms with Gasteiger partial charge in [-0.15, -0.1) is 0 Å². The van der Waals surface area contributed by atoms with E-state index in [1.807, 2.05) is 0 Å². The molecule has 134 valence electrons. The zero-order chi connectivity index (χ0) is 18.2. The van der Waals surface area contributed by atoms with Crippen LogP contribution >= 0.6 is 11.6 Å². The molecule has 1 aromatic carbocycles. The summed E-state index contributed by atoms with van der Waals surface area (Å²) in [5, 5.41) is 13.5. The summed E-state index contributed by atoms with van der Waals surface area (Å²) in [6.45, 7) is 6.33. The van der Waals surface area contributed by atoms with E-state index in [0.29, 0.717) is 6.54 Å². The summed E-state index contributed by atoms with van der Waals surface area (Å²) >= 11 is 5.90. The maximum atomic E-state index is 11.4. The molecule has 0 spiro atoms. The van der Waals surface area contributed by atoms with Gasteiger partial charge in [-0.3, -0.25) is 10.1 Å². The number of carbonyl (C=O) groups is 1. The van der Waals surface area contributed by atoms with Gasteiger partial charge in [-0.05, 0) is 26.8 Å². The Morgan fingerprint density at radius 3 is 2.62 bits per heavy atom. The third kappa shape index (κ3) is 7.98. The Balaban J connectivity index is 2.20. The number of benzene rings is 1. The van der Waals surface area contributed by atoms with E-state index < -0.39 is 16.6 Å². The molecule has 0 saturated heterocycles. The highest BCUT2D eigenvalue weighted by Gasteiger charge is 2.15. The van der Waals surface area contributed by atoms with Crippen molar-refractivity contribution in [2.75, 3.05) is 26.4 Å². The largest absolute Gasteiger partial charge is 0.489 e. The summed E-state index contributed by atoms with van der Waals surface area (Å²) in [5.41, 5.74) is -0.645. The fourth-order valence-corrected chi connectivity index (χ4v) is 1.74. The van der Waals surface area contributed by atoms with Crippen molar-refractivity contribution in [2.45, 2.75) is 26.4 Å². The van der Waals surface area contributed by atoms with E-state index in [1.54, 1.807) is 20.8 Å². The molecule has 0 heterocycles. The Hall–Kier alpha value is -2.06. The maximum absolute atomic E-state index is 11.4. The predicted octanol–water partition coefficient (Wildman–Crippen LogP) is 3.17. The molecule has 8 nitrogen and oxygen atoms in total. The highest BCUT2D eigenvalue weighted by Crippen LogP contribution is 2.28. The van der Waals surface area contributed by atoms with Crippen LogP contribution in [-0.4, -0.2) is 43.0 Å². The third-order valence-corrected chi connectivity index (χ3v) is 2.84. The Morgan fingerprint density at radius 1 is 1.29 bits per heavy atom. The number of nitro benzene ring substituents is 1. The van der Waals surface area contributed by atoms with Crippen molar-refractivity contribution < 1.29 is 23.9 Å². The summed E-state index contributed by atoms with van der Waals surface area (Å²) < 4.78 is 15.7. The van der Waals surface area contributed by atoms with E-state index in [2.05, 4.69) is 5.32 Å². The zero-order valence-corrected chi connectivity index (χ0v) is 14.6. The van der Waals surface area contributed by atoms with Crippen molar-refractivity contribution >= 4 is 23.4 Å². The number of hydrogen-bond donors (Lipinski definition) is 1. The van der Waals surface area contributed by atoms with Gasteiger partial charge in [0.05, 0.1) is 29.2 Å². The van der Waals surface area contributed by atoms with Gasteiger partial charge in [0.1, 0.15) is 18.0 Å². The van der Waals surface area contributed by atoms with Crippen molar-refractivity contribution in [1.82, 2.24) is 5.32 Å². The van der Waals surface area contributed by atoms with Gasteiger partial charge < -0.3 is 19.5 Å². The van der Waals surface area contributed by atoms with Gasteiger partial charge in [0.25, 0.3) is 5.69 Å². The van der Waals surface area contributed by atoms with E-state index in [1.165, 1.54) is 18.2 Å². The highest BCUT2D eigenvalue weighted by atomic mass is 35.5. The number of nitrogens with one attached hydrogen (secondary N) is 1. The highest BCUT2D eigenvalue weighted by molar-refractivity contribution is 6.32. The predicted molar refractivity (Wildman–Crippen MR) is 88.7 cm³/mol. The van der Waals surface area contributed by atoms with E-state index in [4.69, 9.17) is 25.8 Å². The average Bonchev–Trinajstić information content (AvgIpc) is 2.45. The Kier molecular flexibility index (Phi) is 7.73. The van der Waals surface area contributed by atoms with Gasteiger partial charge in [-0.2, -0.15) is 0 Å². The lowest BCUT2D eigenvalue weighted by Gasteiger charge is -2.19. The fraction of sp³-hybridized carbons (Fsp3) is 0.533. The van der Waals surface area contributed by atoms with Gasteiger partial charge >= 0.3 is 6.09 Å². The molecule has 24 heavy (non-hydrogen) atoms. The van der Waals surface area contributed by atoms with E-state index in [-0.39, 0.29) is 36.3 Å². The summed E-state index contributed by atoms with van der Waals surface area (Å²) in [6, 6.07) is 3.96. The first-order valence-electron chi connectivity index (χ1n) is 7.30. The minimum Gasteiger partial charge on any atom is -0.489 e. The second-order valence-electron chi connectivity index (χ2n) is 5.76. The monoisotopic (exact) mass is 360 g/mol. The number of rotatable bonds is 8. The van der Waals surface area contributed by atoms with Crippen LogP contribution in [-0.2, 0) is 9.47 Å². The molecular formula is C15H21ClN2O6. The van der Waals surface area contributed by atoms with Crippen LogP contribution < -0.4 is 10.1 Å². The molecule has 1 amide bonds. The minimum absolute atomic E-state index is 0.100. The molecule has 0 bridgehead atoms. The van der Waals surface area contributed by atoms with Crippen molar-refractivity contribution in [3.05, 3.63) is 33.3 Å². The van der Waals surface area contributed by atoms with Crippen LogP contribution in [0.1, 0.15) is 20.8 Å². The van der Waals surface area contributed by atoms with Gasteiger partial charge in [0.15, 0.2) is 0 Å². The Morgan fingerprint density at radius 2 is 2.00 bits per heavy atom. The van der Waals surface area contributed by atoms with Crippen molar-refractivity contribution in [3.8, 4) is 5.75 Å². The number of halogens is 1. The number of nitrogens with zero attached hydrogens (tertiary/aromatic N) is 1. The average molecular weight is 361 g/mol. The van der Waals surface area contributed by atoms with Crippen molar-refractivity contribution in [1.29, 1.82) is 0 Å². The van der Waals surface area contributed by atoms with Gasteiger partial charge in [0, 0.05) is 12.6 Å². The molecular weight excluding hydrogens is 340 g/mol. The fourth-order valence-electron chi connectivity index (χ4n) is 1.57. The minimum atomic E-state index is -0.545. The second kappa shape index (κ2) is 9.29. The zero-order valence-electron chi connectivity index (χ0n) is 13.8. The number of hydrogen-bond acceptors (Lipinski definition) is 6. The molecule has 9 heteroatoms. The number of carbonyl (C=O) groups excluding carboxylic acids is 1. The van der Waals surface area contributed by atoms with Crippen LogP contribution in [0.5, 0.6) is 5.75 Å². The molecule has 0 aliphatic carbocycles. The lowest BCUT2D eigenvalue weighted by atomic mass is 10.2. The van der Waals surface area contributed by atoms with E-state index >= 15 is 0 Å². The topological polar surface area (TPSA) is 99.9 Å². The number of amides is 1.